The topological polar surface area (TPSA) is 115 Å². The van der Waals surface area contributed by atoms with E-state index in [1.165, 1.54) is 0 Å². The first-order chi connectivity index (χ1) is 12.5. The van der Waals surface area contributed by atoms with E-state index in [1.807, 2.05) is 25.1 Å². The lowest BCUT2D eigenvalue weighted by molar-refractivity contribution is -0.147. The van der Waals surface area contributed by atoms with Gasteiger partial charge in [-0.25, -0.2) is 0 Å². The molecule has 1 aromatic carbocycles. The molecule has 2 aromatic rings. The molecule has 8 heteroatoms. The second-order valence-corrected chi connectivity index (χ2v) is 6.63. The van der Waals surface area contributed by atoms with E-state index in [1.54, 1.807) is 11.0 Å². The minimum Gasteiger partial charge on any atom is -0.481 e. The lowest BCUT2D eigenvalue weighted by atomic mass is 9.93. The summed E-state index contributed by atoms with van der Waals surface area (Å²) in [7, 11) is 0. The zero-order valence-electron chi connectivity index (χ0n) is 14.6. The monoisotopic (exact) mass is 358 g/mol. The Morgan fingerprint density at radius 1 is 1.31 bits per heavy atom. The van der Waals surface area contributed by atoms with Gasteiger partial charge in [0.05, 0.1) is 11.4 Å². The summed E-state index contributed by atoms with van der Waals surface area (Å²) in [4.78, 5) is 37.5. The average molecular weight is 358 g/mol. The Balaban J connectivity index is 1.54. The van der Waals surface area contributed by atoms with Gasteiger partial charge in [0.1, 0.15) is 0 Å². The third kappa shape index (κ3) is 3.68. The van der Waals surface area contributed by atoms with Crippen LogP contribution in [0, 0.1) is 5.92 Å². The molecule has 3 rings (SSSR count). The number of hydrogen-bond donors (Lipinski definition) is 3. The van der Waals surface area contributed by atoms with Crippen molar-refractivity contribution in [1.29, 1.82) is 0 Å². The van der Waals surface area contributed by atoms with Gasteiger partial charge in [-0.2, -0.15) is 5.10 Å². The fourth-order valence-electron chi connectivity index (χ4n) is 3.30. The summed E-state index contributed by atoms with van der Waals surface area (Å²) in [5.41, 5.74) is 1.07. The number of fused-ring (bicyclic) bond motifs is 1. The molecule has 2 heterocycles. The highest BCUT2D eigenvalue weighted by Crippen LogP contribution is 2.22. The van der Waals surface area contributed by atoms with Crippen molar-refractivity contribution in [3.63, 3.8) is 0 Å². The number of carboxylic acid groups (broad SMARTS) is 1. The van der Waals surface area contributed by atoms with Gasteiger partial charge in [0.2, 0.25) is 5.91 Å². The van der Waals surface area contributed by atoms with Crippen molar-refractivity contribution in [2.45, 2.75) is 32.2 Å². The molecule has 138 valence electrons. The summed E-state index contributed by atoms with van der Waals surface area (Å²) >= 11 is 0. The van der Waals surface area contributed by atoms with Crippen LogP contribution in [0.15, 0.2) is 24.3 Å². The number of hydrogen-bond acceptors (Lipinski definition) is 4. The molecule has 0 spiro atoms. The molecule has 8 nitrogen and oxygen atoms in total. The predicted octanol–water partition coefficient (Wildman–Crippen LogP) is 1.39. The molecular weight excluding hydrogens is 336 g/mol. The van der Waals surface area contributed by atoms with Gasteiger partial charge >= 0.3 is 5.97 Å². The Bertz CT molecular complexity index is 831. The molecule has 0 radical (unpaired) electrons. The van der Waals surface area contributed by atoms with Crippen molar-refractivity contribution in [2.24, 2.45) is 5.92 Å². The first kappa shape index (κ1) is 17.9. The molecule has 0 aliphatic carbocycles. The van der Waals surface area contributed by atoms with Gasteiger partial charge in [-0.1, -0.05) is 18.2 Å². The van der Waals surface area contributed by atoms with Gasteiger partial charge in [0.15, 0.2) is 5.69 Å². The summed E-state index contributed by atoms with van der Waals surface area (Å²) < 4.78 is 0. The zero-order valence-corrected chi connectivity index (χ0v) is 14.6. The average Bonchev–Trinajstić information content (AvgIpc) is 3.05. The first-order valence-corrected chi connectivity index (χ1v) is 8.71. The normalized spacial score (nSPS) is 20.1. The van der Waals surface area contributed by atoms with Crippen molar-refractivity contribution in [3.05, 3.63) is 30.0 Å². The van der Waals surface area contributed by atoms with Gasteiger partial charge in [-0.15, -0.1) is 0 Å². The minimum absolute atomic E-state index is 0.0177. The number of rotatable bonds is 5. The quantitative estimate of drug-likeness (QED) is 0.747. The van der Waals surface area contributed by atoms with E-state index < -0.39 is 11.9 Å². The standard InChI is InChI=1S/C18H22N4O4/c1-11-6-7-12(18(25)26)10-22(11)15(23)8-9-19-17(24)16-13-4-2-3-5-14(13)20-21-16/h2-5,11-12H,6-10H2,1H3,(H,19,24)(H,20,21)(H,25,26). The minimum atomic E-state index is -0.867. The number of carbonyl (C=O) groups excluding carboxylic acids is 2. The lowest BCUT2D eigenvalue weighted by Crippen LogP contribution is -2.48. The number of aromatic nitrogens is 2. The number of nitrogens with zero attached hydrogens (tertiary/aromatic N) is 2. The molecule has 1 fully saturated rings. The van der Waals surface area contributed by atoms with Crippen LogP contribution < -0.4 is 5.32 Å². The van der Waals surface area contributed by atoms with E-state index >= 15 is 0 Å². The number of para-hydroxylation sites is 1. The number of carboxylic acids is 1. The van der Waals surface area contributed by atoms with Gasteiger partial charge in [-0.05, 0) is 25.8 Å². The predicted molar refractivity (Wildman–Crippen MR) is 94.6 cm³/mol. The molecule has 2 unspecified atom stereocenters. The van der Waals surface area contributed by atoms with E-state index in [-0.39, 0.29) is 37.4 Å². The second kappa shape index (κ2) is 7.55. The first-order valence-electron chi connectivity index (χ1n) is 8.71. The number of aliphatic carboxylic acids is 1. The second-order valence-electron chi connectivity index (χ2n) is 6.63. The summed E-state index contributed by atoms with van der Waals surface area (Å²) in [5.74, 6) is -1.87. The van der Waals surface area contributed by atoms with Crippen LogP contribution in [0.2, 0.25) is 0 Å². The number of carbonyl (C=O) groups is 3. The van der Waals surface area contributed by atoms with E-state index in [9.17, 15) is 14.4 Å². The summed E-state index contributed by atoms with van der Waals surface area (Å²) in [5, 5.41) is 19.4. The Hall–Kier alpha value is -2.90. The van der Waals surface area contributed by atoms with E-state index in [0.29, 0.717) is 18.5 Å². The van der Waals surface area contributed by atoms with Crippen LogP contribution in [0.4, 0.5) is 0 Å². The fraction of sp³-hybridized carbons (Fsp3) is 0.444. The third-order valence-corrected chi connectivity index (χ3v) is 4.86. The number of benzene rings is 1. The fourth-order valence-corrected chi connectivity index (χ4v) is 3.30. The molecule has 0 saturated carbocycles. The zero-order chi connectivity index (χ0) is 18.7. The largest absolute Gasteiger partial charge is 0.481 e. The van der Waals surface area contributed by atoms with Crippen molar-refractivity contribution in [1.82, 2.24) is 20.4 Å². The smallest absolute Gasteiger partial charge is 0.308 e. The molecule has 3 N–H and O–H groups in total. The highest BCUT2D eigenvalue weighted by molar-refractivity contribution is 6.04. The highest BCUT2D eigenvalue weighted by Gasteiger charge is 2.32. The van der Waals surface area contributed by atoms with E-state index in [0.717, 1.165) is 10.9 Å². The number of aromatic amines is 1. The van der Waals surface area contributed by atoms with E-state index in [4.69, 9.17) is 5.11 Å². The molecule has 0 bridgehead atoms. The molecule has 26 heavy (non-hydrogen) atoms. The van der Waals surface area contributed by atoms with Gasteiger partial charge in [0.25, 0.3) is 5.91 Å². The molecule has 2 atom stereocenters. The van der Waals surface area contributed by atoms with Crippen LogP contribution in [0.5, 0.6) is 0 Å². The number of nitrogens with one attached hydrogen (secondary N) is 2. The van der Waals surface area contributed by atoms with Gasteiger partial charge < -0.3 is 15.3 Å². The van der Waals surface area contributed by atoms with Crippen molar-refractivity contribution in [2.75, 3.05) is 13.1 Å². The van der Waals surface area contributed by atoms with Crippen molar-refractivity contribution < 1.29 is 19.5 Å². The maximum absolute atomic E-state index is 12.4. The van der Waals surface area contributed by atoms with Crippen LogP contribution >= 0.6 is 0 Å². The van der Waals surface area contributed by atoms with Crippen LogP contribution in [0.25, 0.3) is 10.9 Å². The van der Waals surface area contributed by atoms with Crippen molar-refractivity contribution in [3.8, 4) is 0 Å². The highest BCUT2D eigenvalue weighted by atomic mass is 16.4. The van der Waals surface area contributed by atoms with Crippen LogP contribution in [0.3, 0.4) is 0 Å². The Kier molecular flexibility index (Phi) is 5.20. The summed E-state index contributed by atoms with van der Waals surface area (Å²) in [6, 6.07) is 7.34. The Morgan fingerprint density at radius 3 is 2.85 bits per heavy atom. The molecular formula is C18H22N4O4. The molecule has 1 aliphatic rings. The molecule has 1 aliphatic heterocycles. The summed E-state index contributed by atoms with van der Waals surface area (Å²) in [6.45, 7) is 2.33. The number of likely N-dealkylation sites (tertiary alicyclic amines) is 1. The van der Waals surface area contributed by atoms with Crippen LogP contribution in [0.1, 0.15) is 36.7 Å². The Morgan fingerprint density at radius 2 is 2.08 bits per heavy atom. The third-order valence-electron chi connectivity index (χ3n) is 4.86. The maximum atomic E-state index is 12.4. The van der Waals surface area contributed by atoms with Gasteiger partial charge in [0, 0.05) is 30.9 Å². The SMILES string of the molecule is CC1CCC(C(=O)O)CN1C(=O)CCNC(=O)c1n[nH]c2ccccc12. The van der Waals surface area contributed by atoms with Gasteiger partial charge in [-0.3, -0.25) is 19.5 Å². The molecule has 1 aromatic heterocycles. The van der Waals surface area contributed by atoms with Crippen LogP contribution in [-0.4, -0.2) is 57.1 Å². The number of amides is 2. The number of piperidine rings is 1. The molecule has 1 saturated heterocycles. The van der Waals surface area contributed by atoms with Crippen LogP contribution in [-0.2, 0) is 9.59 Å². The van der Waals surface area contributed by atoms with E-state index in [2.05, 4.69) is 15.5 Å². The lowest BCUT2D eigenvalue weighted by Gasteiger charge is -2.36. The maximum Gasteiger partial charge on any atom is 0.308 e. The number of H-pyrrole nitrogens is 1. The summed E-state index contributed by atoms with van der Waals surface area (Å²) in [6.07, 6.45) is 1.39. The van der Waals surface area contributed by atoms with Crippen molar-refractivity contribution >= 4 is 28.7 Å². The Labute approximate surface area is 150 Å². The molecule has 2 amide bonds.